The minimum atomic E-state index is -0.268. The molecule has 3 unspecified atom stereocenters. The fourth-order valence-corrected chi connectivity index (χ4v) is 2.47. The summed E-state index contributed by atoms with van der Waals surface area (Å²) < 4.78 is 0. The maximum absolute atomic E-state index is 11.8. The van der Waals surface area contributed by atoms with Crippen molar-refractivity contribution >= 4 is 11.8 Å². The Labute approximate surface area is 88.9 Å². The lowest BCUT2D eigenvalue weighted by atomic mass is 9.96. The summed E-state index contributed by atoms with van der Waals surface area (Å²) in [6.45, 7) is 2.00. The molecule has 15 heavy (non-hydrogen) atoms. The first-order valence-corrected chi connectivity index (χ1v) is 5.38. The van der Waals surface area contributed by atoms with Crippen LogP contribution >= 0.6 is 0 Å². The van der Waals surface area contributed by atoms with Crippen LogP contribution in [0.3, 0.4) is 0 Å². The third-order valence-electron chi connectivity index (χ3n) is 3.34. The van der Waals surface area contributed by atoms with Crippen molar-refractivity contribution in [3.63, 3.8) is 0 Å². The average Bonchev–Trinajstić information content (AvgIpc) is 2.68. The molecule has 2 bridgehead atoms. The van der Waals surface area contributed by atoms with Crippen molar-refractivity contribution in [2.75, 3.05) is 6.54 Å². The molecular formula is C11H14N2O2. The molecule has 2 rings (SSSR count). The molecule has 0 aromatic carbocycles. The molecule has 0 aromatic heterocycles. The van der Waals surface area contributed by atoms with Crippen LogP contribution in [-0.4, -0.2) is 23.3 Å². The molecule has 3 atom stereocenters. The molecule has 2 aliphatic rings. The number of hydrogen-bond acceptors (Lipinski definition) is 3. The van der Waals surface area contributed by atoms with Crippen LogP contribution in [0.1, 0.15) is 26.2 Å². The van der Waals surface area contributed by atoms with Crippen molar-refractivity contribution in [2.45, 2.75) is 26.2 Å². The number of carbonyl (C=O) groups excluding carboxylic acids is 2. The lowest BCUT2D eigenvalue weighted by Gasteiger charge is -2.30. The third-order valence-corrected chi connectivity index (χ3v) is 3.34. The topological polar surface area (TPSA) is 61.2 Å². The molecule has 2 fully saturated rings. The highest BCUT2D eigenvalue weighted by atomic mass is 16.2. The second-order valence-electron chi connectivity index (χ2n) is 4.52. The van der Waals surface area contributed by atoms with Gasteiger partial charge in [0.05, 0.1) is 12.0 Å². The van der Waals surface area contributed by atoms with Gasteiger partial charge in [-0.15, -0.1) is 0 Å². The SMILES string of the molecule is CC(C#N)CN1C(=O)C2CCC(C2)C1=O. The van der Waals surface area contributed by atoms with Gasteiger partial charge in [-0.05, 0) is 26.2 Å². The Balaban J connectivity index is 2.14. The summed E-state index contributed by atoms with van der Waals surface area (Å²) in [7, 11) is 0. The number of hydrogen-bond donors (Lipinski definition) is 0. The van der Waals surface area contributed by atoms with Crippen molar-refractivity contribution in [1.82, 2.24) is 4.90 Å². The fraction of sp³-hybridized carbons (Fsp3) is 0.727. The minimum Gasteiger partial charge on any atom is -0.281 e. The molecule has 80 valence electrons. The summed E-state index contributed by atoms with van der Waals surface area (Å²) >= 11 is 0. The molecule has 4 heteroatoms. The highest BCUT2D eigenvalue weighted by Crippen LogP contribution is 2.38. The summed E-state index contributed by atoms with van der Waals surface area (Å²) in [6, 6.07) is 2.06. The Morgan fingerprint density at radius 1 is 1.40 bits per heavy atom. The van der Waals surface area contributed by atoms with Gasteiger partial charge in [0, 0.05) is 18.4 Å². The van der Waals surface area contributed by atoms with E-state index in [0.717, 1.165) is 19.3 Å². The van der Waals surface area contributed by atoms with E-state index >= 15 is 0 Å². The molecule has 1 saturated carbocycles. The number of carbonyl (C=O) groups is 2. The summed E-state index contributed by atoms with van der Waals surface area (Å²) in [5.74, 6) is -0.306. The Hall–Kier alpha value is -1.37. The van der Waals surface area contributed by atoms with Gasteiger partial charge in [0.1, 0.15) is 0 Å². The number of rotatable bonds is 2. The van der Waals surface area contributed by atoms with Crippen LogP contribution in [0.5, 0.6) is 0 Å². The predicted octanol–water partition coefficient (Wildman–Crippen LogP) is 0.931. The van der Waals surface area contributed by atoms with Crippen molar-refractivity contribution < 1.29 is 9.59 Å². The van der Waals surface area contributed by atoms with E-state index in [2.05, 4.69) is 6.07 Å². The van der Waals surface area contributed by atoms with Crippen LogP contribution in [0.25, 0.3) is 0 Å². The van der Waals surface area contributed by atoms with E-state index in [1.54, 1.807) is 6.92 Å². The van der Waals surface area contributed by atoms with Gasteiger partial charge < -0.3 is 0 Å². The van der Waals surface area contributed by atoms with Gasteiger partial charge in [-0.25, -0.2) is 0 Å². The van der Waals surface area contributed by atoms with Crippen LogP contribution in [0.4, 0.5) is 0 Å². The molecule has 0 radical (unpaired) electrons. The summed E-state index contributed by atoms with van der Waals surface area (Å²) in [5, 5.41) is 8.69. The van der Waals surface area contributed by atoms with Crippen molar-refractivity contribution in [1.29, 1.82) is 5.26 Å². The standard InChI is InChI=1S/C11H14N2O2/c1-7(5-12)6-13-10(14)8-2-3-9(4-8)11(13)15/h7-9H,2-4,6H2,1H3. The minimum absolute atomic E-state index is 0.0404. The monoisotopic (exact) mass is 206 g/mol. The van der Waals surface area contributed by atoms with Crippen LogP contribution in [-0.2, 0) is 9.59 Å². The van der Waals surface area contributed by atoms with Crippen LogP contribution in [0, 0.1) is 29.1 Å². The van der Waals surface area contributed by atoms with E-state index in [4.69, 9.17) is 5.26 Å². The summed E-state index contributed by atoms with van der Waals surface area (Å²) in [6.07, 6.45) is 2.41. The smallest absolute Gasteiger partial charge is 0.232 e. The number of amides is 2. The zero-order valence-corrected chi connectivity index (χ0v) is 8.77. The molecule has 0 aromatic rings. The van der Waals surface area contributed by atoms with E-state index in [0.29, 0.717) is 0 Å². The Morgan fingerprint density at radius 2 is 1.93 bits per heavy atom. The predicted molar refractivity (Wildman–Crippen MR) is 52.3 cm³/mol. The number of imide groups is 1. The largest absolute Gasteiger partial charge is 0.281 e. The maximum atomic E-state index is 11.8. The molecule has 4 nitrogen and oxygen atoms in total. The van der Waals surface area contributed by atoms with Crippen molar-refractivity contribution in [3.8, 4) is 6.07 Å². The van der Waals surface area contributed by atoms with Crippen molar-refractivity contribution in [2.24, 2.45) is 17.8 Å². The summed E-state index contributed by atoms with van der Waals surface area (Å²) in [4.78, 5) is 25.0. The average molecular weight is 206 g/mol. The fourth-order valence-electron chi connectivity index (χ4n) is 2.47. The quantitative estimate of drug-likeness (QED) is 0.631. The first-order chi connectivity index (χ1) is 7.13. The van der Waals surface area contributed by atoms with Crippen LogP contribution < -0.4 is 0 Å². The molecule has 0 spiro atoms. The van der Waals surface area contributed by atoms with Crippen LogP contribution in [0.15, 0.2) is 0 Å². The van der Waals surface area contributed by atoms with Crippen LogP contribution in [0.2, 0.25) is 0 Å². The lowest BCUT2D eigenvalue weighted by Crippen LogP contribution is -2.47. The zero-order valence-electron chi connectivity index (χ0n) is 8.77. The van der Waals surface area contributed by atoms with Gasteiger partial charge in [-0.2, -0.15) is 5.26 Å². The van der Waals surface area contributed by atoms with Gasteiger partial charge in [0.2, 0.25) is 11.8 Å². The third kappa shape index (κ3) is 1.63. The molecular weight excluding hydrogens is 192 g/mol. The van der Waals surface area contributed by atoms with Gasteiger partial charge in [0.25, 0.3) is 0 Å². The Bertz CT molecular complexity index is 323. The highest BCUT2D eigenvalue weighted by molar-refractivity contribution is 6.00. The first-order valence-electron chi connectivity index (χ1n) is 5.38. The van der Waals surface area contributed by atoms with Gasteiger partial charge in [-0.1, -0.05) is 0 Å². The maximum Gasteiger partial charge on any atom is 0.232 e. The molecule has 1 aliphatic carbocycles. The lowest BCUT2D eigenvalue weighted by molar-refractivity contribution is -0.153. The van der Waals surface area contributed by atoms with E-state index in [9.17, 15) is 9.59 Å². The molecule has 1 heterocycles. The van der Waals surface area contributed by atoms with E-state index in [-0.39, 0.29) is 36.1 Å². The van der Waals surface area contributed by atoms with E-state index < -0.39 is 0 Å². The number of nitrogens with zero attached hydrogens (tertiary/aromatic N) is 2. The van der Waals surface area contributed by atoms with Gasteiger partial charge in [-0.3, -0.25) is 14.5 Å². The number of fused-ring (bicyclic) bond motifs is 2. The first kappa shape index (κ1) is 10.2. The molecule has 2 amide bonds. The molecule has 0 N–H and O–H groups in total. The summed E-state index contributed by atoms with van der Waals surface area (Å²) in [5.41, 5.74) is 0. The Morgan fingerprint density at radius 3 is 2.40 bits per heavy atom. The number of nitriles is 1. The number of likely N-dealkylation sites (tertiary alicyclic amines) is 1. The van der Waals surface area contributed by atoms with Crippen molar-refractivity contribution in [3.05, 3.63) is 0 Å². The van der Waals surface area contributed by atoms with E-state index in [1.165, 1.54) is 4.90 Å². The zero-order chi connectivity index (χ0) is 11.0. The number of piperidine rings is 1. The highest BCUT2D eigenvalue weighted by Gasteiger charge is 2.45. The van der Waals surface area contributed by atoms with Gasteiger partial charge in [0.15, 0.2) is 0 Å². The normalized spacial score (nSPS) is 31.6. The van der Waals surface area contributed by atoms with Gasteiger partial charge >= 0.3 is 0 Å². The Kier molecular flexibility index (Phi) is 2.47. The van der Waals surface area contributed by atoms with E-state index in [1.807, 2.05) is 0 Å². The molecule has 1 saturated heterocycles. The second kappa shape index (κ2) is 3.65. The molecule has 1 aliphatic heterocycles. The second-order valence-corrected chi connectivity index (χ2v) is 4.52.